The summed E-state index contributed by atoms with van der Waals surface area (Å²) in [4.78, 5) is 0. The Hall–Kier alpha value is -0.580. The molecule has 114 valence electrons. The zero-order valence-corrected chi connectivity index (χ0v) is 14.0. The molecule has 0 saturated heterocycles. The van der Waals surface area contributed by atoms with Crippen LogP contribution < -0.4 is 5.73 Å². The monoisotopic (exact) mass is 317 g/mol. The number of sulfone groups is 1. The lowest BCUT2D eigenvalue weighted by molar-refractivity contribution is 0.503. The fourth-order valence-corrected chi connectivity index (χ4v) is 3.27. The van der Waals surface area contributed by atoms with Gasteiger partial charge in [-0.15, -0.1) is 0 Å². The van der Waals surface area contributed by atoms with Gasteiger partial charge in [0.1, 0.15) is 0 Å². The molecule has 0 aliphatic heterocycles. The molecule has 0 spiro atoms. The van der Waals surface area contributed by atoms with Gasteiger partial charge in [0, 0.05) is 5.02 Å². The van der Waals surface area contributed by atoms with Crippen LogP contribution in [0.4, 0.5) is 0 Å². The molecular formula is C15H24ClNO2S. The lowest BCUT2D eigenvalue weighted by Crippen LogP contribution is -2.32. The molecule has 0 saturated carbocycles. The summed E-state index contributed by atoms with van der Waals surface area (Å²) < 4.78 is 23.5. The number of halogens is 1. The lowest BCUT2D eigenvalue weighted by Gasteiger charge is -2.21. The molecule has 0 aliphatic carbocycles. The zero-order valence-electron chi connectivity index (χ0n) is 12.4. The van der Waals surface area contributed by atoms with Crippen LogP contribution in [0.15, 0.2) is 24.3 Å². The third kappa shape index (κ3) is 5.08. The lowest BCUT2D eigenvalue weighted by atomic mass is 9.97. The normalized spacial score (nSPS) is 14.2. The predicted molar refractivity (Wildman–Crippen MR) is 85.9 cm³/mol. The van der Waals surface area contributed by atoms with Gasteiger partial charge in [-0.2, -0.15) is 0 Å². The summed E-state index contributed by atoms with van der Waals surface area (Å²) in [6.45, 7) is 5.69. The minimum Gasteiger partial charge on any atom is -0.330 e. The van der Waals surface area contributed by atoms with Gasteiger partial charge >= 0.3 is 0 Å². The summed E-state index contributed by atoms with van der Waals surface area (Å²) >= 11 is 5.85. The van der Waals surface area contributed by atoms with Gasteiger partial charge in [0.25, 0.3) is 0 Å². The van der Waals surface area contributed by atoms with E-state index in [1.807, 2.05) is 24.3 Å². The minimum atomic E-state index is -3.08. The quantitative estimate of drug-likeness (QED) is 0.877. The maximum atomic E-state index is 12.1. The van der Waals surface area contributed by atoms with Crippen molar-refractivity contribution in [2.45, 2.75) is 38.4 Å². The third-order valence-corrected chi connectivity index (χ3v) is 6.39. The van der Waals surface area contributed by atoms with Crippen molar-refractivity contribution in [2.24, 2.45) is 11.7 Å². The zero-order chi connectivity index (χ0) is 15.4. The van der Waals surface area contributed by atoms with Gasteiger partial charge in [0.2, 0.25) is 0 Å². The summed E-state index contributed by atoms with van der Waals surface area (Å²) in [5.41, 5.74) is 6.91. The maximum absolute atomic E-state index is 12.1. The number of benzene rings is 1. The van der Waals surface area contributed by atoms with Crippen LogP contribution in [0.5, 0.6) is 0 Å². The average Bonchev–Trinajstić information content (AvgIpc) is 2.35. The minimum absolute atomic E-state index is 0.174. The van der Waals surface area contributed by atoms with Gasteiger partial charge in [-0.25, -0.2) is 8.42 Å². The van der Waals surface area contributed by atoms with Crippen LogP contribution in [0.3, 0.4) is 0 Å². The molecule has 0 amide bonds. The van der Waals surface area contributed by atoms with Crippen molar-refractivity contribution in [1.82, 2.24) is 0 Å². The second kappa shape index (κ2) is 6.92. The Morgan fingerprint density at radius 2 is 1.75 bits per heavy atom. The van der Waals surface area contributed by atoms with Crippen LogP contribution in [-0.4, -0.2) is 25.5 Å². The third-order valence-electron chi connectivity index (χ3n) is 3.50. The molecule has 1 rings (SSSR count). The van der Waals surface area contributed by atoms with Crippen molar-refractivity contribution in [3.05, 3.63) is 34.9 Å². The molecule has 0 aromatic heterocycles. The molecule has 5 heteroatoms. The first-order valence-electron chi connectivity index (χ1n) is 6.82. The Morgan fingerprint density at radius 1 is 1.20 bits per heavy atom. The van der Waals surface area contributed by atoms with Crippen molar-refractivity contribution < 1.29 is 8.42 Å². The van der Waals surface area contributed by atoms with Crippen LogP contribution in [0.1, 0.15) is 32.8 Å². The van der Waals surface area contributed by atoms with Crippen LogP contribution in [0.25, 0.3) is 0 Å². The molecule has 3 nitrogen and oxygen atoms in total. The second-order valence-corrected chi connectivity index (χ2v) is 9.45. The first-order valence-corrected chi connectivity index (χ1v) is 8.85. The van der Waals surface area contributed by atoms with E-state index in [1.54, 1.807) is 20.8 Å². The fraction of sp³-hybridized carbons (Fsp3) is 0.600. The number of rotatable bonds is 6. The Labute approximate surface area is 127 Å². The smallest absolute Gasteiger partial charge is 0.155 e. The number of hydrogen-bond acceptors (Lipinski definition) is 3. The number of hydrogen-bond donors (Lipinski definition) is 1. The van der Waals surface area contributed by atoms with Crippen LogP contribution >= 0.6 is 11.6 Å². The van der Waals surface area contributed by atoms with Gasteiger partial charge < -0.3 is 5.73 Å². The van der Waals surface area contributed by atoms with Crippen molar-refractivity contribution in [3.8, 4) is 0 Å². The van der Waals surface area contributed by atoms with Gasteiger partial charge in [-0.3, -0.25) is 0 Å². The topological polar surface area (TPSA) is 60.2 Å². The van der Waals surface area contributed by atoms with Crippen LogP contribution in [-0.2, 0) is 16.3 Å². The maximum Gasteiger partial charge on any atom is 0.155 e. The highest BCUT2D eigenvalue weighted by atomic mass is 35.5. The predicted octanol–water partition coefficient (Wildman–Crippen LogP) is 3.06. The highest BCUT2D eigenvalue weighted by molar-refractivity contribution is 7.92. The van der Waals surface area contributed by atoms with Crippen molar-refractivity contribution >= 4 is 21.4 Å². The summed E-state index contributed by atoms with van der Waals surface area (Å²) in [6.07, 6.45) is 1.38. The molecule has 2 N–H and O–H groups in total. The van der Waals surface area contributed by atoms with E-state index in [-0.39, 0.29) is 11.7 Å². The van der Waals surface area contributed by atoms with E-state index >= 15 is 0 Å². The van der Waals surface area contributed by atoms with E-state index < -0.39 is 14.6 Å². The molecule has 0 heterocycles. The molecule has 20 heavy (non-hydrogen) atoms. The van der Waals surface area contributed by atoms with Crippen molar-refractivity contribution in [2.75, 3.05) is 12.3 Å². The van der Waals surface area contributed by atoms with Gasteiger partial charge in [0.05, 0.1) is 10.5 Å². The molecule has 0 aliphatic rings. The molecule has 1 aromatic rings. The molecule has 1 atom stereocenters. The fourth-order valence-electron chi connectivity index (χ4n) is 1.89. The van der Waals surface area contributed by atoms with Gasteiger partial charge in [-0.1, -0.05) is 23.7 Å². The summed E-state index contributed by atoms with van der Waals surface area (Å²) in [7, 11) is -3.08. The summed E-state index contributed by atoms with van der Waals surface area (Å²) in [5.74, 6) is 0.361. The summed E-state index contributed by atoms with van der Waals surface area (Å²) in [6, 6.07) is 7.61. The van der Waals surface area contributed by atoms with Crippen LogP contribution in [0, 0.1) is 5.92 Å². The van der Waals surface area contributed by atoms with Crippen molar-refractivity contribution in [1.29, 1.82) is 0 Å². The standard InChI is InChI=1S/C15H24ClNO2S/c1-15(2,3)20(18,19)9-8-13(11-17)10-12-4-6-14(16)7-5-12/h4-7,13H,8-11,17H2,1-3H3. The first-order chi connectivity index (χ1) is 9.15. The van der Waals surface area contributed by atoms with Crippen molar-refractivity contribution in [3.63, 3.8) is 0 Å². The van der Waals surface area contributed by atoms with E-state index in [9.17, 15) is 8.42 Å². The molecule has 0 fully saturated rings. The molecule has 0 bridgehead atoms. The molecule has 1 aromatic carbocycles. The Bertz CT molecular complexity index is 518. The largest absolute Gasteiger partial charge is 0.330 e. The highest BCUT2D eigenvalue weighted by Crippen LogP contribution is 2.20. The second-order valence-electron chi connectivity index (χ2n) is 6.15. The van der Waals surface area contributed by atoms with E-state index in [0.717, 1.165) is 12.0 Å². The van der Waals surface area contributed by atoms with Crippen LogP contribution in [0.2, 0.25) is 5.02 Å². The summed E-state index contributed by atoms with van der Waals surface area (Å²) in [5, 5.41) is 0.702. The van der Waals surface area contributed by atoms with E-state index in [4.69, 9.17) is 17.3 Å². The van der Waals surface area contributed by atoms with E-state index in [2.05, 4.69) is 0 Å². The van der Waals surface area contributed by atoms with Gasteiger partial charge in [-0.05, 0) is 63.8 Å². The Balaban J connectivity index is 2.63. The SMILES string of the molecule is CC(C)(C)S(=O)(=O)CCC(CN)Cc1ccc(Cl)cc1. The van der Waals surface area contributed by atoms with Gasteiger partial charge in [0.15, 0.2) is 9.84 Å². The van der Waals surface area contributed by atoms with E-state index in [0.29, 0.717) is 18.0 Å². The number of nitrogens with two attached hydrogens (primary N) is 1. The first kappa shape index (κ1) is 17.5. The average molecular weight is 318 g/mol. The molecule has 0 radical (unpaired) electrons. The molecule has 1 unspecified atom stereocenters. The Morgan fingerprint density at radius 3 is 2.20 bits per heavy atom. The van der Waals surface area contributed by atoms with E-state index in [1.165, 1.54) is 0 Å². The molecular weight excluding hydrogens is 294 g/mol. The Kier molecular flexibility index (Phi) is 6.05. The highest BCUT2D eigenvalue weighted by Gasteiger charge is 2.29.